The molecule has 23 heavy (non-hydrogen) atoms. The van der Waals surface area contributed by atoms with Gasteiger partial charge in [0.2, 0.25) is 0 Å². The van der Waals surface area contributed by atoms with E-state index in [0.29, 0.717) is 5.56 Å². The fourth-order valence-electron chi connectivity index (χ4n) is 3.80. The molecule has 0 saturated carbocycles. The Morgan fingerprint density at radius 3 is 2.65 bits per heavy atom. The number of rotatable bonds is 4. The van der Waals surface area contributed by atoms with E-state index < -0.39 is 5.97 Å². The standard InChI is InChI=1S/C18H25NO4/c1-22-16-3-2-12-23-18(16)8-10-19(11-9-18)13-14-4-6-15(7-5-14)17(20)21/h4-7,16H,2-3,8-13H2,1H3,(H,20,21)/t16-/m0/s1. The first-order chi connectivity index (χ1) is 11.1. The molecule has 1 N–H and O–H groups in total. The van der Waals surface area contributed by atoms with Gasteiger partial charge in [-0.15, -0.1) is 0 Å². The number of methoxy groups -OCH3 is 1. The van der Waals surface area contributed by atoms with Gasteiger partial charge < -0.3 is 14.6 Å². The minimum Gasteiger partial charge on any atom is -0.478 e. The number of hydrogen-bond acceptors (Lipinski definition) is 4. The van der Waals surface area contributed by atoms with Crippen molar-refractivity contribution in [3.63, 3.8) is 0 Å². The monoisotopic (exact) mass is 319 g/mol. The lowest BCUT2D eigenvalue weighted by molar-refractivity contribution is -0.186. The van der Waals surface area contributed by atoms with Crippen molar-refractivity contribution < 1.29 is 19.4 Å². The zero-order valence-electron chi connectivity index (χ0n) is 13.7. The van der Waals surface area contributed by atoms with Gasteiger partial charge in [-0.1, -0.05) is 12.1 Å². The van der Waals surface area contributed by atoms with E-state index in [-0.39, 0.29) is 11.7 Å². The van der Waals surface area contributed by atoms with Crippen LogP contribution in [0.1, 0.15) is 41.6 Å². The Morgan fingerprint density at radius 2 is 2.04 bits per heavy atom. The van der Waals surface area contributed by atoms with E-state index in [4.69, 9.17) is 14.6 Å². The van der Waals surface area contributed by atoms with E-state index in [9.17, 15) is 4.79 Å². The lowest BCUT2D eigenvalue weighted by Gasteiger charge is -2.48. The summed E-state index contributed by atoms with van der Waals surface area (Å²) in [5.74, 6) is -0.878. The van der Waals surface area contributed by atoms with Crippen molar-refractivity contribution in [3.8, 4) is 0 Å². The number of hydrogen-bond donors (Lipinski definition) is 1. The van der Waals surface area contributed by atoms with Gasteiger partial charge in [-0.2, -0.15) is 0 Å². The second-order valence-electron chi connectivity index (χ2n) is 6.56. The van der Waals surface area contributed by atoms with Crippen LogP contribution in [0.2, 0.25) is 0 Å². The normalized spacial score (nSPS) is 24.7. The first-order valence-electron chi connectivity index (χ1n) is 8.34. The lowest BCUT2D eigenvalue weighted by Crippen LogP contribution is -2.55. The maximum Gasteiger partial charge on any atom is 0.335 e. The zero-order valence-corrected chi connectivity index (χ0v) is 13.7. The summed E-state index contributed by atoms with van der Waals surface area (Å²) in [6.45, 7) is 3.67. The second-order valence-corrected chi connectivity index (χ2v) is 6.56. The van der Waals surface area contributed by atoms with Crippen LogP contribution < -0.4 is 0 Å². The maximum absolute atomic E-state index is 10.9. The van der Waals surface area contributed by atoms with Gasteiger partial charge >= 0.3 is 5.97 Å². The largest absolute Gasteiger partial charge is 0.478 e. The van der Waals surface area contributed by atoms with Gasteiger partial charge in [-0.25, -0.2) is 4.79 Å². The molecule has 0 aliphatic carbocycles. The van der Waals surface area contributed by atoms with E-state index >= 15 is 0 Å². The second kappa shape index (κ2) is 6.99. The van der Waals surface area contributed by atoms with Crippen molar-refractivity contribution >= 4 is 5.97 Å². The SMILES string of the molecule is CO[C@H]1CCCOC12CCN(Cc1ccc(C(=O)O)cc1)CC2. The fourth-order valence-corrected chi connectivity index (χ4v) is 3.80. The number of likely N-dealkylation sites (tertiary alicyclic amines) is 1. The molecule has 5 heteroatoms. The summed E-state index contributed by atoms with van der Waals surface area (Å²) in [4.78, 5) is 13.3. The summed E-state index contributed by atoms with van der Waals surface area (Å²) in [6.07, 6.45) is 4.39. The molecule has 5 nitrogen and oxygen atoms in total. The third-order valence-corrected chi connectivity index (χ3v) is 5.18. The van der Waals surface area contributed by atoms with Crippen molar-refractivity contribution in [1.82, 2.24) is 4.90 Å². The van der Waals surface area contributed by atoms with Crippen molar-refractivity contribution in [2.24, 2.45) is 0 Å². The smallest absolute Gasteiger partial charge is 0.335 e. The van der Waals surface area contributed by atoms with Gasteiger partial charge in [0.25, 0.3) is 0 Å². The molecule has 1 atom stereocenters. The van der Waals surface area contributed by atoms with Gasteiger partial charge in [0, 0.05) is 33.4 Å². The van der Waals surface area contributed by atoms with Crippen LogP contribution in [0.5, 0.6) is 0 Å². The highest BCUT2D eigenvalue weighted by Crippen LogP contribution is 2.37. The molecule has 1 spiro atoms. The van der Waals surface area contributed by atoms with E-state index in [1.807, 2.05) is 12.1 Å². The first kappa shape index (κ1) is 16.4. The number of carbonyl (C=O) groups is 1. The molecule has 1 aromatic carbocycles. The summed E-state index contributed by atoms with van der Waals surface area (Å²) >= 11 is 0. The molecule has 1 aromatic rings. The molecule has 2 aliphatic rings. The van der Waals surface area contributed by atoms with Gasteiger partial charge in [0.05, 0.1) is 17.3 Å². The summed E-state index contributed by atoms with van der Waals surface area (Å²) < 4.78 is 11.8. The number of aromatic carboxylic acids is 1. The highest BCUT2D eigenvalue weighted by atomic mass is 16.5. The number of carboxylic acids is 1. The van der Waals surface area contributed by atoms with Crippen LogP contribution in [0.3, 0.4) is 0 Å². The molecule has 2 heterocycles. The van der Waals surface area contributed by atoms with E-state index in [2.05, 4.69) is 4.90 Å². The Labute approximate surface area is 137 Å². The zero-order chi connectivity index (χ0) is 16.3. The fraction of sp³-hybridized carbons (Fsp3) is 0.611. The summed E-state index contributed by atoms with van der Waals surface area (Å²) in [5.41, 5.74) is 1.39. The Morgan fingerprint density at radius 1 is 1.35 bits per heavy atom. The third kappa shape index (κ3) is 3.57. The van der Waals surface area contributed by atoms with Crippen molar-refractivity contribution in [1.29, 1.82) is 0 Å². The van der Waals surface area contributed by atoms with Crippen molar-refractivity contribution in [2.45, 2.75) is 43.9 Å². The number of carboxylic acid groups (broad SMARTS) is 1. The Kier molecular flexibility index (Phi) is 4.99. The van der Waals surface area contributed by atoms with Crippen LogP contribution in [0.15, 0.2) is 24.3 Å². The average molecular weight is 319 g/mol. The van der Waals surface area contributed by atoms with Crippen LogP contribution in [0.25, 0.3) is 0 Å². The van der Waals surface area contributed by atoms with E-state index in [1.54, 1.807) is 19.2 Å². The maximum atomic E-state index is 10.9. The highest BCUT2D eigenvalue weighted by molar-refractivity contribution is 5.87. The van der Waals surface area contributed by atoms with Crippen LogP contribution in [0.4, 0.5) is 0 Å². The van der Waals surface area contributed by atoms with Crippen molar-refractivity contribution in [2.75, 3.05) is 26.8 Å². The molecule has 0 unspecified atom stereocenters. The number of nitrogens with zero attached hydrogens (tertiary/aromatic N) is 1. The topological polar surface area (TPSA) is 59.0 Å². The molecule has 3 rings (SSSR count). The summed E-state index contributed by atoms with van der Waals surface area (Å²) in [5, 5.41) is 8.95. The molecule has 2 aliphatic heterocycles. The van der Waals surface area contributed by atoms with Crippen LogP contribution in [-0.2, 0) is 16.0 Å². The molecule has 2 fully saturated rings. The summed E-state index contributed by atoms with van der Waals surface area (Å²) in [7, 11) is 1.79. The van der Waals surface area contributed by atoms with Gasteiger partial charge in [0.1, 0.15) is 0 Å². The molecular weight excluding hydrogens is 294 g/mol. The first-order valence-corrected chi connectivity index (χ1v) is 8.34. The number of benzene rings is 1. The summed E-state index contributed by atoms with van der Waals surface area (Å²) in [6, 6.07) is 7.16. The van der Waals surface area contributed by atoms with Crippen LogP contribution in [0, 0.1) is 0 Å². The Hall–Kier alpha value is -1.43. The molecular formula is C18H25NO4. The predicted octanol–water partition coefficient (Wildman–Crippen LogP) is 2.54. The quantitative estimate of drug-likeness (QED) is 0.924. The Bertz CT molecular complexity index is 534. The van der Waals surface area contributed by atoms with Crippen LogP contribution in [-0.4, -0.2) is 54.5 Å². The molecule has 0 radical (unpaired) electrons. The Balaban J connectivity index is 1.57. The predicted molar refractivity (Wildman–Crippen MR) is 86.6 cm³/mol. The minimum absolute atomic E-state index is 0.101. The average Bonchev–Trinajstić information content (AvgIpc) is 2.58. The van der Waals surface area contributed by atoms with Gasteiger partial charge in [0.15, 0.2) is 0 Å². The van der Waals surface area contributed by atoms with Gasteiger partial charge in [-0.3, -0.25) is 4.90 Å². The molecule has 0 bridgehead atoms. The van der Waals surface area contributed by atoms with E-state index in [0.717, 1.165) is 57.5 Å². The molecule has 0 amide bonds. The highest BCUT2D eigenvalue weighted by Gasteiger charge is 2.44. The molecule has 0 aromatic heterocycles. The third-order valence-electron chi connectivity index (χ3n) is 5.18. The number of ether oxygens (including phenoxy) is 2. The van der Waals surface area contributed by atoms with E-state index in [1.165, 1.54) is 0 Å². The minimum atomic E-state index is -0.878. The molecule has 126 valence electrons. The lowest BCUT2D eigenvalue weighted by atomic mass is 9.81. The van der Waals surface area contributed by atoms with Crippen LogP contribution >= 0.6 is 0 Å². The van der Waals surface area contributed by atoms with Gasteiger partial charge in [-0.05, 0) is 43.4 Å². The number of piperidine rings is 1. The molecule has 2 saturated heterocycles. The van der Waals surface area contributed by atoms with Crippen molar-refractivity contribution in [3.05, 3.63) is 35.4 Å².